The summed E-state index contributed by atoms with van der Waals surface area (Å²) in [4.78, 5) is 13.8. The molecule has 1 amide bonds. The van der Waals surface area contributed by atoms with E-state index in [0.717, 1.165) is 0 Å². The maximum absolute atomic E-state index is 12.1. The van der Waals surface area contributed by atoms with Crippen LogP contribution in [0.1, 0.15) is 10.4 Å². The number of morpholine rings is 1. The highest BCUT2D eigenvalue weighted by Crippen LogP contribution is 2.15. The molecule has 0 radical (unpaired) electrons. The van der Waals surface area contributed by atoms with Crippen LogP contribution in [-0.2, 0) is 4.74 Å². The van der Waals surface area contributed by atoms with E-state index in [9.17, 15) is 9.90 Å². The van der Waals surface area contributed by atoms with Crippen LogP contribution in [-0.4, -0.2) is 47.6 Å². The number of nitrogens with zero attached hydrogens (tertiary/aromatic N) is 1. The van der Waals surface area contributed by atoms with Gasteiger partial charge in [-0.05, 0) is 18.2 Å². The van der Waals surface area contributed by atoms with Crippen molar-refractivity contribution in [2.75, 3.05) is 25.6 Å². The van der Waals surface area contributed by atoms with Gasteiger partial charge in [0.25, 0.3) is 5.91 Å². The third kappa shape index (κ3) is 2.90. The lowest BCUT2D eigenvalue weighted by Crippen LogP contribution is -2.46. The van der Waals surface area contributed by atoms with Crippen LogP contribution in [0.15, 0.2) is 24.3 Å². The Kier molecular flexibility index (Phi) is 3.86. The normalized spacial score (nSPS) is 20.3. The van der Waals surface area contributed by atoms with Gasteiger partial charge in [-0.2, -0.15) is 0 Å². The van der Waals surface area contributed by atoms with E-state index in [1.165, 1.54) is 12.1 Å². The van der Waals surface area contributed by atoms with Gasteiger partial charge < -0.3 is 14.7 Å². The van der Waals surface area contributed by atoms with Gasteiger partial charge in [0.1, 0.15) is 5.75 Å². The molecule has 1 atom stereocenters. The molecule has 0 aliphatic carbocycles. The minimum Gasteiger partial charge on any atom is -0.508 e. The molecule has 5 heteroatoms. The van der Waals surface area contributed by atoms with Gasteiger partial charge in [0, 0.05) is 18.7 Å². The predicted octanol–water partition coefficient (Wildman–Crippen LogP) is 1.47. The number of amides is 1. The standard InChI is InChI=1S/C12H14ClNO3/c13-7-11-8-14(4-5-17-11)12(16)9-2-1-3-10(15)6-9/h1-3,6,11,15H,4-5,7-8H2. The summed E-state index contributed by atoms with van der Waals surface area (Å²) in [6, 6.07) is 6.35. The Morgan fingerprint density at radius 1 is 1.59 bits per heavy atom. The lowest BCUT2D eigenvalue weighted by atomic mass is 10.1. The zero-order chi connectivity index (χ0) is 12.3. The quantitative estimate of drug-likeness (QED) is 0.815. The Hall–Kier alpha value is -1.26. The number of alkyl halides is 1. The third-order valence-electron chi connectivity index (χ3n) is 2.69. The minimum absolute atomic E-state index is 0.0954. The van der Waals surface area contributed by atoms with Crippen LogP contribution in [0.3, 0.4) is 0 Å². The van der Waals surface area contributed by atoms with Crippen LogP contribution >= 0.6 is 11.6 Å². The Morgan fingerprint density at radius 3 is 3.12 bits per heavy atom. The van der Waals surface area contributed by atoms with Crippen molar-refractivity contribution in [3.8, 4) is 5.75 Å². The highest BCUT2D eigenvalue weighted by Gasteiger charge is 2.24. The number of phenolic OH excluding ortho intramolecular Hbond substituents is 1. The molecule has 2 rings (SSSR count). The monoisotopic (exact) mass is 255 g/mol. The molecule has 0 bridgehead atoms. The van der Waals surface area contributed by atoms with Crippen molar-refractivity contribution in [2.24, 2.45) is 0 Å². The molecule has 1 aromatic carbocycles. The van der Waals surface area contributed by atoms with Crippen molar-refractivity contribution < 1.29 is 14.6 Å². The summed E-state index contributed by atoms with van der Waals surface area (Å²) in [5, 5.41) is 9.34. The van der Waals surface area contributed by atoms with Crippen molar-refractivity contribution >= 4 is 17.5 Å². The lowest BCUT2D eigenvalue weighted by molar-refractivity contribution is -0.0108. The Morgan fingerprint density at radius 2 is 2.41 bits per heavy atom. The maximum Gasteiger partial charge on any atom is 0.254 e. The van der Waals surface area contributed by atoms with Crippen LogP contribution in [0.4, 0.5) is 0 Å². The van der Waals surface area contributed by atoms with Crippen molar-refractivity contribution in [2.45, 2.75) is 6.10 Å². The van der Waals surface area contributed by atoms with E-state index >= 15 is 0 Å². The van der Waals surface area contributed by atoms with Crippen LogP contribution in [0, 0.1) is 0 Å². The number of phenols is 1. The van der Waals surface area contributed by atoms with E-state index in [2.05, 4.69) is 0 Å². The fourth-order valence-electron chi connectivity index (χ4n) is 1.82. The number of hydrogen-bond donors (Lipinski definition) is 1. The van der Waals surface area contributed by atoms with Gasteiger partial charge in [-0.25, -0.2) is 0 Å². The van der Waals surface area contributed by atoms with E-state index in [1.54, 1.807) is 17.0 Å². The number of rotatable bonds is 2. The summed E-state index contributed by atoms with van der Waals surface area (Å²) in [6.07, 6.45) is -0.105. The largest absolute Gasteiger partial charge is 0.508 e. The van der Waals surface area contributed by atoms with Crippen molar-refractivity contribution in [3.63, 3.8) is 0 Å². The van der Waals surface area contributed by atoms with Crippen molar-refractivity contribution in [1.29, 1.82) is 0 Å². The smallest absolute Gasteiger partial charge is 0.254 e. The molecule has 4 nitrogen and oxygen atoms in total. The number of carbonyl (C=O) groups is 1. The van der Waals surface area contributed by atoms with Gasteiger partial charge in [-0.3, -0.25) is 4.79 Å². The molecule has 1 N–H and O–H groups in total. The van der Waals surface area contributed by atoms with Crippen LogP contribution < -0.4 is 0 Å². The minimum atomic E-state index is -0.105. The molecular formula is C12H14ClNO3. The first kappa shape index (κ1) is 12.2. The molecule has 17 heavy (non-hydrogen) atoms. The lowest BCUT2D eigenvalue weighted by Gasteiger charge is -2.32. The number of hydrogen-bond acceptors (Lipinski definition) is 3. The topological polar surface area (TPSA) is 49.8 Å². The van der Waals surface area contributed by atoms with Gasteiger partial charge in [-0.15, -0.1) is 11.6 Å². The summed E-state index contributed by atoms with van der Waals surface area (Å²) >= 11 is 5.72. The Balaban J connectivity index is 2.09. The third-order valence-corrected chi connectivity index (χ3v) is 3.04. The predicted molar refractivity (Wildman–Crippen MR) is 64.5 cm³/mol. The van der Waals surface area contributed by atoms with Gasteiger partial charge in [0.05, 0.1) is 18.6 Å². The second-order valence-electron chi connectivity index (χ2n) is 3.95. The average Bonchev–Trinajstić information content (AvgIpc) is 2.38. The zero-order valence-electron chi connectivity index (χ0n) is 9.30. The van der Waals surface area contributed by atoms with E-state index in [0.29, 0.717) is 31.1 Å². The summed E-state index contributed by atoms with van der Waals surface area (Å²) < 4.78 is 5.39. The second-order valence-corrected chi connectivity index (χ2v) is 4.26. The second kappa shape index (κ2) is 5.38. The number of halogens is 1. The van der Waals surface area contributed by atoms with Gasteiger partial charge in [0.15, 0.2) is 0 Å². The Bertz CT molecular complexity index is 410. The van der Waals surface area contributed by atoms with Gasteiger partial charge in [-0.1, -0.05) is 6.07 Å². The average molecular weight is 256 g/mol. The molecule has 0 aromatic heterocycles. The van der Waals surface area contributed by atoms with E-state index in [4.69, 9.17) is 16.3 Å². The van der Waals surface area contributed by atoms with Crippen LogP contribution in [0.2, 0.25) is 0 Å². The van der Waals surface area contributed by atoms with Gasteiger partial charge >= 0.3 is 0 Å². The molecule has 1 unspecified atom stereocenters. The van der Waals surface area contributed by atoms with E-state index < -0.39 is 0 Å². The first-order chi connectivity index (χ1) is 8.20. The Labute approximate surface area is 105 Å². The van der Waals surface area contributed by atoms with Crippen molar-refractivity contribution in [3.05, 3.63) is 29.8 Å². The van der Waals surface area contributed by atoms with Crippen LogP contribution in [0.25, 0.3) is 0 Å². The van der Waals surface area contributed by atoms with E-state index in [-0.39, 0.29) is 17.8 Å². The summed E-state index contributed by atoms with van der Waals surface area (Å²) in [7, 11) is 0. The highest BCUT2D eigenvalue weighted by atomic mass is 35.5. The molecule has 0 saturated carbocycles. The fraction of sp³-hybridized carbons (Fsp3) is 0.417. The summed E-state index contributed by atoms with van der Waals surface area (Å²) in [6.45, 7) is 1.56. The van der Waals surface area contributed by atoms with Gasteiger partial charge in [0.2, 0.25) is 0 Å². The van der Waals surface area contributed by atoms with Crippen LogP contribution in [0.5, 0.6) is 5.75 Å². The molecule has 1 saturated heterocycles. The molecule has 1 fully saturated rings. The molecule has 1 aromatic rings. The molecule has 1 aliphatic heterocycles. The summed E-state index contributed by atoms with van der Waals surface area (Å²) in [5.41, 5.74) is 0.486. The molecule has 1 heterocycles. The maximum atomic E-state index is 12.1. The number of benzene rings is 1. The number of aromatic hydroxyl groups is 1. The highest BCUT2D eigenvalue weighted by molar-refractivity contribution is 6.18. The SMILES string of the molecule is O=C(c1cccc(O)c1)N1CCOC(CCl)C1. The van der Waals surface area contributed by atoms with E-state index in [1.807, 2.05) is 0 Å². The molecule has 92 valence electrons. The molecule has 1 aliphatic rings. The summed E-state index contributed by atoms with van der Waals surface area (Å²) in [5.74, 6) is 0.376. The molecule has 0 spiro atoms. The number of ether oxygens (including phenoxy) is 1. The first-order valence-corrected chi connectivity index (χ1v) is 6.00. The number of carbonyl (C=O) groups excluding carboxylic acids is 1. The molecular weight excluding hydrogens is 242 g/mol. The first-order valence-electron chi connectivity index (χ1n) is 5.46. The zero-order valence-corrected chi connectivity index (χ0v) is 10.1. The van der Waals surface area contributed by atoms with Crippen molar-refractivity contribution in [1.82, 2.24) is 4.90 Å². The fourth-order valence-corrected chi connectivity index (χ4v) is 2.01.